The van der Waals surface area contributed by atoms with Gasteiger partial charge in [-0.25, -0.2) is 8.78 Å². The van der Waals surface area contributed by atoms with Crippen LogP contribution in [0.1, 0.15) is 68.2 Å². The van der Waals surface area contributed by atoms with E-state index in [1.807, 2.05) is 0 Å². The molecule has 2 N–H and O–H groups in total. The lowest BCUT2D eigenvalue weighted by atomic mass is 10.1. The summed E-state index contributed by atoms with van der Waals surface area (Å²) in [5.41, 5.74) is 7.19. The molecular weight excluding hydrogens is 648 g/mol. The van der Waals surface area contributed by atoms with Gasteiger partial charge >= 0.3 is 11.9 Å². The van der Waals surface area contributed by atoms with Gasteiger partial charge < -0.3 is 44.0 Å². The minimum Gasteiger partial charge on any atom is -0.493 e. The van der Waals surface area contributed by atoms with Gasteiger partial charge in [-0.1, -0.05) is 0 Å². The Hall–Kier alpha value is -4.66. The second kappa shape index (κ2) is 17.1. The topological polar surface area (TPSA) is 156 Å². The number of rotatable bonds is 17. The molecular formula is C34H43F2N3O10. The first-order valence-corrected chi connectivity index (χ1v) is 16.1. The molecule has 0 radical (unpaired) electrons. The molecule has 15 heteroatoms. The van der Waals surface area contributed by atoms with Crippen LogP contribution >= 0.6 is 0 Å². The average Bonchev–Trinajstić information content (AvgIpc) is 3.73. The van der Waals surface area contributed by atoms with Crippen molar-refractivity contribution in [1.29, 1.82) is 0 Å². The second-order valence-electron chi connectivity index (χ2n) is 11.6. The van der Waals surface area contributed by atoms with E-state index >= 15 is 8.78 Å². The Kier molecular flexibility index (Phi) is 13.0. The summed E-state index contributed by atoms with van der Waals surface area (Å²) in [6.45, 7) is 4.07. The molecule has 4 rings (SSSR count). The lowest BCUT2D eigenvalue weighted by molar-refractivity contribution is -0.150. The normalized spacial score (nSPS) is 13.8. The maximum Gasteiger partial charge on any atom is 0.306 e. The van der Waals surface area contributed by atoms with Crippen LogP contribution in [0.2, 0.25) is 0 Å². The van der Waals surface area contributed by atoms with Crippen LogP contribution < -0.4 is 24.7 Å². The molecule has 2 aromatic carbocycles. The van der Waals surface area contributed by atoms with E-state index < -0.39 is 29.7 Å². The van der Waals surface area contributed by atoms with E-state index in [2.05, 4.69) is 0 Å². The molecule has 0 fully saturated rings. The smallest absolute Gasteiger partial charge is 0.306 e. The van der Waals surface area contributed by atoms with Crippen LogP contribution in [-0.4, -0.2) is 80.2 Å². The fourth-order valence-corrected chi connectivity index (χ4v) is 5.55. The number of nitrogens with two attached hydrogens (primary N) is 1. The van der Waals surface area contributed by atoms with Gasteiger partial charge in [0.1, 0.15) is 6.10 Å². The lowest BCUT2D eigenvalue weighted by Gasteiger charge is -2.16. The van der Waals surface area contributed by atoms with Crippen molar-refractivity contribution in [3.63, 3.8) is 0 Å². The van der Waals surface area contributed by atoms with Gasteiger partial charge in [0, 0.05) is 63.1 Å². The fraction of sp³-hybridized carbons (Fsp3) is 0.529. The maximum atomic E-state index is 15.6. The highest BCUT2D eigenvalue weighted by Gasteiger charge is 2.32. The molecule has 49 heavy (non-hydrogen) atoms. The number of ether oxygens (including phenoxy) is 6. The van der Waals surface area contributed by atoms with Crippen molar-refractivity contribution in [3.05, 3.63) is 46.0 Å². The molecule has 0 aliphatic carbocycles. The maximum absolute atomic E-state index is 15.6. The second-order valence-corrected chi connectivity index (χ2v) is 11.6. The predicted molar refractivity (Wildman–Crippen MR) is 170 cm³/mol. The highest BCUT2D eigenvalue weighted by molar-refractivity contribution is 5.82. The van der Waals surface area contributed by atoms with E-state index in [-0.39, 0.29) is 125 Å². The van der Waals surface area contributed by atoms with Crippen molar-refractivity contribution in [1.82, 2.24) is 9.80 Å². The standard InChI is InChI=1S/C34H43F2N3O10/c1-5-46-29(42)9-7-27(40)38-16-21-13-25(44-3)33(31(35)23(21)18-38)47-11-6-12-48-34-26(45-4)14-22-17-39(19-24(22)32(34)36)28(41)8-10-30(43)49-20(2)15-37/h13-14,20H,5-12,15-19,37H2,1-4H3/t20-/m0/s1. The Balaban J connectivity index is 1.31. The molecule has 0 bridgehead atoms. The van der Waals surface area contributed by atoms with Crippen LogP contribution in [0.3, 0.4) is 0 Å². The summed E-state index contributed by atoms with van der Waals surface area (Å²) in [6, 6.07) is 3.24. The highest BCUT2D eigenvalue weighted by atomic mass is 19.1. The van der Waals surface area contributed by atoms with Gasteiger partial charge in [-0.05, 0) is 37.1 Å². The number of carbonyl (C=O) groups excluding carboxylic acids is 4. The minimum atomic E-state index is -0.658. The van der Waals surface area contributed by atoms with E-state index in [4.69, 9.17) is 34.2 Å². The quantitative estimate of drug-likeness (QED) is 0.191. The van der Waals surface area contributed by atoms with Crippen molar-refractivity contribution in [3.8, 4) is 23.0 Å². The van der Waals surface area contributed by atoms with Gasteiger partial charge in [-0.3, -0.25) is 19.2 Å². The van der Waals surface area contributed by atoms with Crippen molar-refractivity contribution in [2.24, 2.45) is 5.73 Å². The zero-order valence-electron chi connectivity index (χ0n) is 28.2. The number of esters is 2. The highest BCUT2D eigenvalue weighted by Crippen LogP contribution is 2.40. The average molecular weight is 692 g/mol. The number of hydrogen-bond acceptors (Lipinski definition) is 11. The molecule has 0 saturated carbocycles. The Labute approximate surface area is 283 Å². The summed E-state index contributed by atoms with van der Waals surface area (Å²) >= 11 is 0. The summed E-state index contributed by atoms with van der Waals surface area (Å²) in [6.07, 6.45) is -0.521. The van der Waals surface area contributed by atoms with E-state index in [0.29, 0.717) is 16.7 Å². The summed E-state index contributed by atoms with van der Waals surface area (Å²) in [7, 11) is 2.75. The van der Waals surface area contributed by atoms with E-state index in [1.165, 1.54) is 24.0 Å². The Morgan fingerprint density at radius 2 is 1.24 bits per heavy atom. The first kappa shape index (κ1) is 37.2. The molecule has 2 aliphatic rings. The minimum absolute atomic E-state index is 0.00208. The first-order valence-electron chi connectivity index (χ1n) is 16.1. The number of hydrogen-bond donors (Lipinski definition) is 1. The molecule has 2 heterocycles. The van der Waals surface area contributed by atoms with Crippen LogP contribution in [0.4, 0.5) is 8.78 Å². The van der Waals surface area contributed by atoms with Crippen LogP contribution in [0.15, 0.2) is 12.1 Å². The van der Waals surface area contributed by atoms with Crippen LogP contribution in [0.25, 0.3) is 0 Å². The molecule has 2 aromatic rings. The summed E-state index contributed by atoms with van der Waals surface area (Å²) in [4.78, 5) is 51.9. The summed E-state index contributed by atoms with van der Waals surface area (Å²) < 4.78 is 63.4. The van der Waals surface area contributed by atoms with Crippen molar-refractivity contribution in [2.45, 2.75) is 78.2 Å². The molecule has 0 saturated heterocycles. The first-order chi connectivity index (χ1) is 23.5. The predicted octanol–water partition coefficient (Wildman–Crippen LogP) is 3.53. The van der Waals surface area contributed by atoms with Gasteiger partial charge in [-0.2, -0.15) is 0 Å². The zero-order chi connectivity index (χ0) is 35.7. The van der Waals surface area contributed by atoms with Crippen LogP contribution in [0, 0.1) is 11.6 Å². The lowest BCUT2D eigenvalue weighted by Crippen LogP contribution is -2.27. The van der Waals surface area contributed by atoms with Crippen LogP contribution in [-0.2, 0) is 54.8 Å². The number of halogens is 2. The third kappa shape index (κ3) is 9.08. The van der Waals surface area contributed by atoms with Gasteiger partial charge in [0.15, 0.2) is 34.6 Å². The molecule has 0 spiro atoms. The van der Waals surface area contributed by atoms with E-state index in [9.17, 15) is 19.2 Å². The number of methoxy groups -OCH3 is 2. The zero-order valence-corrected chi connectivity index (χ0v) is 28.2. The largest absolute Gasteiger partial charge is 0.493 e. The Bertz CT molecular complexity index is 1550. The van der Waals surface area contributed by atoms with Gasteiger partial charge in [0.2, 0.25) is 11.8 Å². The number of fused-ring (bicyclic) bond motifs is 2. The van der Waals surface area contributed by atoms with Crippen LogP contribution in [0.5, 0.6) is 23.0 Å². The third-order valence-electron chi connectivity index (χ3n) is 8.17. The van der Waals surface area contributed by atoms with E-state index in [1.54, 1.807) is 26.0 Å². The monoisotopic (exact) mass is 691 g/mol. The summed E-state index contributed by atoms with van der Waals surface area (Å²) in [5.74, 6) is -2.86. The Morgan fingerprint density at radius 1 is 0.776 bits per heavy atom. The molecule has 0 aromatic heterocycles. The molecule has 0 unspecified atom stereocenters. The Morgan fingerprint density at radius 3 is 1.67 bits per heavy atom. The van der Waals surface area contributed by atoms with Crippen molar-refractivity contribution in [2.75, 3.05) is 40.6 Å². The molecule has 13 nitrogen and oxygen atoms in total. The third-order valence-corrected chi connectivity index (χ3v) is 8.17. The van der Waals surface area contributed by atoms with Crippen molar-refractivity contribution >= 4 is 23.8 Å². The molecule has 2 aliphatic heterocycles. The van der Waals surface area contributed by atoms with E-state index in [0.717, 1.165) is 0 Å². The number of carbonyl (C=O) groups is 4. The SMILES string of the molecule is CCOC(=O)CCC(=O)N1Cc2cc(OC)c(OCCCOc3c(OC)cc4c(c3F)CN(C(=O)CCC(=O)O[C@@H](C)CN)C4)c(F)c2C1. The number of benzene rings is 2. The molecule has 268 valence electrons. The fourth-order valence-electron chi connectivity index (χ4n) is 5.55. The number of nitrogens with zero attached hydrogens (tertiary/aromatic N) is 2. The van der Waals surface area contributed by atoms with Gasteiger partial charge in [-0.15, -0.1) is 0 Å². The summed E-state index contributed by atoms with van der Waals surface area (Å²) in [5, 5.41) is 0. The molecule has 2 amide bonds. The van der Waals surface area contributed by atoms with Crippen molar-refractivity contribution < 1.29 is 56.4 Å². The van der Waals surface area contributed by atoms with Gasteiger partial charge in [0.25, 0.3) is 0 Å². The number of amides is 2. The van der Waals surface area contributed by atoms with Gasteiger partial charge in [0.05, 0.1) is 46.9 Å². The molecule has 1 atom stereocenters.